The first-order valence-corrected chi connectivity index (χ1v) is 10.3. The number of anilines is 1. The number of fused-ring (bicyclic) bond motifs is 1. The third-order valence-corrected chi connectivity index (χ3v) is 6.40. The number of aryl methyl sites for hydroxylation is 2. The van der Waals surface area contributed by atoms with Crippen molar-refractivity contribution < 1.29 is 9.18 Å². The molecule has 0 fully saturated rings. The number of rotatable bonds is 4. The lowest BCUT2D eigenvalue weighted by Crippen LogP contribution is -2.21. The lowest BCUT2D eigenvalue weighted by atomic mass is 10.2. The summed E-state index contributed by atoms with van der Waals surface area (Å²) in [6, 6.07) is 11.3. The summed E-state index contributed by atoms with van der Waals surface area (Å²) < 4.78 is 14.9. The van der Waals surface area contributed by atoms with Gasteiger partial charge in [-0.3, -0.25) is 14.2 Å². The van der Waals surface area contributed by atoms with E-state index in [1.807, 2.05) is 13.0 Å². The highest BCUT2D eigenvalue weighted by molar-refractivity contribution is 7.20. The molecule has 0 aliphatic heterocycles. The second-order valence-electron chi connectivity index (χ2n) is 6.96. The molecule has 5 nitrogen and oxygen atoms in total. The minimum atomic E-state index is -0.364. The fourth-order valence-electron chi connectivity index (χ4n) is 3.18. The van der Waals surface area contributed by atoms with Gasteiger partial charge in [0.15, 0.2) is 0 Å². The lowest BCUT2D eigenvalue weighted by molar-refractivity contribution is 0.103. The number of carbonyl (C=O) groups is 1. The first-order valence-electron chi connectivity index (χ1n) is 9.14. The topological polar surface area (TPSA) is 64.0 Å². The number of aromatic nitrogens is 2. The van der Waals surface area contributed by atoms with Crippen LogP contribution in [0.4, 0.5) is 10.1 Å². The SMILES string of the molecule is Cc1ccc(NC(=O)c2sc3ncn(Cc4cccc(F)c4)c(=O)c3c2C)cc1Cl. The normalized spacial score (nSPS) is 11.1. The highest BCUT2D eigenvalue weighted by Crippen LogP contribution is 2.28. The predicted molar refractivity (Wildman–Crippen MR) is 118 cm³/mol. The van der Waals surface area contributed by atoms with Crippen molar-refractivity contribution in [2.24, 2.45) is 0 Å². The Bertz CT molecular complexity index is 1350. The molecule has 0 saturated heterocycles. The third kappa shape index (κ3) is 3.86. The summed E-state index contributed by atoms with van der Waals surface area (Å²) in [5, 5.41) is 3.77. The number of amides is 1. The standard InChI is InChI=1S/C22H17ClFN3O2S/c1-12-6-7-16(9-17(12)23)26-20(28)19-13(2)18-21(30-19)25-11-27(22(18)29)10-14-4-3-5-15(24)8-14/h3-9,11H,10H2,1-2H3,(H,26,28). The molecule has 4 aromatic rings. The minimum absolute atomic E-state index is 0.193. The highest BCUT2D eigenvalue weighted by atomic mass is 35.5. The molecule has 0 radical (unpaired) electrons. The summed E-state index contributed by atoms with van der Waals surface area (Å²) in [7, 11) is 0. The molecular weight excluding hydrogens is 425 g/mol. The zero-order valence-electron chi connectivity index (χ0n) is 16.2. The summed E-state index contributed by atoms with van der Waals surface area (Å²) in [6.45, 7) is 3.80. The molecule has 1 amide bonds. The number of nitrogens with one attached hydrogen (secondary N) is 1. The maximum absolute atomic E-state index is 13.5. The van der Waals surface area contributed by atoms with E-state index in [0.717, 1.165) is 16.9 Å². The molecular formula is C22H17ClFN3O2S. The van der Waals surface area contributed by atoms with Gasteiger partial charge in [0.1, 0.15) is 10.6 Å². The van der Waals surface area contributed by atoms with Gasteiger partial charge < -0.3 is 5.32 Å². The van der Waals surface area contributed by atoms with Gasteiger partial charge in [0.2, 0.25) is 0 Å². The molecule has 0 spiro atoms. The fourth-order valence-corrected chi connectivity index (χ4v) is 4.39. The van der Waals surface area contributed by atoms with Gasteiger partial charge in [-0.2, -0.15) is 0 Å². The van der Waals surface area contributed by atoms with Gasteiger partial charge in [0.25, 0.3) is 11.5 Å². The van der Waals surface area contributed by atoms with Gasteiger partial charge in [-0.05, 0) is 54.8 Å². The molecule has 2 aromatic carbocycles. The lowest BCUT2D eigenvalue weighted by Gasteiger charge is -2.07. The Kier molecular flexibility index (Phi) is 5.40. The van der Waals surface area contributed by atoms with Crippen LogP contribution in [0.3, 0.4) is 0 Å². The van der Waals surface area contributed by atoms with Gasteiger partial charge in [-0.25, -0.2) is 9.37 Å². The molecule has 1 N–H and O–H groups in total. The van der Waals surface area contributed by atoms with Crippen molar-refractivity contribution in [3.63, 3.8) is 0 Å². The van der Waals surface area contributed by atoms with Crippen LogP contribution < -0.4 is 10.9 Å². The van der Waals surface area contributed by atoms with Crippen LogP contribution in [0.1, 0.15) is 26.4 Å². The molecule has 0 aliphatic carbocycles. The molecule has 30 heavy (non-hydrogen) atoms. The summed E-state index contributed by atoms with van der Waals surface area (Å²) in [5.41, 5.74) is 2.44. The number of hydrogen-bond donors (Lipinski definition) is 1. The molecule has 152 valence electrons. The molecule has 2 aromatic heterocycles. The van der Waals surface area contributed by atoms with Crippen LogP contribution >= 0.6 is 22.9 Å². The van der Waals surface area contributed by atoms with E-state index < -0.39 is 0 Å². The van der Waals surface area contributed by atoms with Gasteiger partial charge in [0, 0.05) is 10.7 Å². The number of benzene rings is 2. The van der Waals surface area contributed by atoms with Gasteiger partial charge >= 0.3 is 0 Å². The van der Waals surface area contributed by atoms with Crippen molar-refractivity contribution in [3.05, 3.63) is 91.6 Å². The zero-order valence-corrected chi connectivity index (χ0v) is 17.8. The maximum Gasteiger partial charge on any atom is 0.266 e. The first kappa shape index (κ1) is 20.3. The van der Waals surface area contributed by atoms with Crippen LogP contribution in [0.15, 0.2) is 53.6 Å². The maximum atomic E-state index is 13.5. The molecule has 0 atom stereocenters. The van der Waals surface area contributed by atoms with Crippen molar-refractivity contribution in [1.82, 2.24) is 9.55 Å². The predicted octanol–water partition coefficient (Wildman–Crippen LogP) is 5.17. The Morgan fingerprint density at radius 3 is 2.77 bits per heavy atom. The van der Waals surface area contributed by atoms with E-state index in [2.05, 4.69) is 10.3 Å². The molecule has 8 heteroatoms. The number of nitrogens with zero attached hydrogens (tertiary/aromatic N) is 2. The molecule has 0 bridgehead atoms. The van der Waals surface area contributed by atoms with Gasteiger partial charge in [0.05, 0.1) is 23.1 Å². The molecule has 0 unspecified atom stereocenters. The monoisotopic (exact) mass is 441 g/mol. The van der Waals surface area contributed by atoms with Crippen LogP contribution in [-0.2, 0) is 6.54 Å². The highest BCUT2D eigenvalue weighted by Gasteiger charge is 2.20. The summed E-state index contributed by atoms with van der Waals surface area (Å²) in [5.74, 6) is -0.692. The number of halogens is 2. The van der Waals surface area contributed by atoms with Gasteiger partial charge in [-0.1, -0.05) is 29.8 Å². The number of carbonyl (C=O) groups excluding carboxylic acids is 1. The summed E-state index contributed by atoms with van der Waals surface area (Å²) >= 11 is 7.29. The Labute approximate surface area is 180 Å². The Morgan fingerprint density at radius 2 is 2.03 bits per heavy atom. The van der Waals surface area contributed by atoms with Crippen molar-refractivity contribution in [2.75, 3.05) is 5.32 Å². The smallest absolute Gasteiger partial charge is 0.266 e. The Morgan fingerprint density at radius 1 is 1.23 bits per heavy atom. The van der Waals surface area contributed by atoms with Crippen LogP contribution in [0, 0.1) is 19.7 Å². The minimum Gasteiger partial charge on any atom is -0.321 e. The quantitative estimate of drug-likeness (QED) is 0.475. The number of hydrogen-bond acceptors (Lipinski definition) is 4. The summed E-state index contributed by atoms with van der Waals surface area (Å²) in [4.78, 5) is 31.0. The molecule has 2 heterocycles. The fraction of sp³-hybridized carbons (Fsp3) is 0.136. The van der Waals surface area contributed by atoms with E-state index in [1.165, 1.54) is 23.0 Å². The van der Waals surface area contributed by atoms with E-state index in [1.54, 1.807) is 31.2 Å². The van der Waals surface area contributed by atoms with Crippen LogP contribution in [0.5, 0.6) is 0 Å². The third-order valence-electron chi connectivity index (χ3n) is 4.80. The van der Waals surface area contributed by atoms with Crippen LogP contribution in [0.2, 0.25) is 5.02 Å². The van der Waals surface area contributed by atoms with E-state index in [9.17, 15) is 14.0 Å². The van der Waals surface area contributed by atoms with Crippen molar-refractivity contribution >= 4 is 44.7 Å². The van der Waals surface area contributed by atoms with Crippen molar-refractivity contribution in [2.45, 2.75) is 20.4 Å². The van der Waals surface area contributed by atoms with Crippen LogP contribution in [0.25, 0.3) is 10.2 Å². The van der Waals surface area contributed by atoms with Crippen molar-refractivity contribution in [3.8, 4) is 0 Å². The van der Waals surface area contributed by atoms with Gasteiger partial charge in [-0.15, -0.1) is 11.3 Å². The van der Waals surface area contributed by atoms with E-state index in [4.69, 9.17) is 11.6 Å². The average Bonchev–Trinajstić information content (AvgIpc) is 3.04. The second kappa shape index (κ2) is 8.01. The Balaban J connectivity index is 1.68. The zero-order chi connectivity index (χ0) is 21.4. The van der Waals surface area contributed by atoms with Crippen molar-refractivity contribution in [1.29, 1.82) is 0 Å². The summed E-state index contributed by atoms with van der Waals surface area (Å²) in [6.07, 6.45) is 1.42. The first-order chi connectivity index (χ1) is 14.3. The molecule has 4 rings (SSSR count). The average molecular weight is 442 g/mol. The molecule has 0 saturated carbocycles. The van der Waals surface area contributed by atoms with Crippen LogP contribution in [-0.4, -0.2) is 15.5 Å². The van der Waals surface area contributed by atoms with E-state index in [-0.39, 0.29) is 23.8 Å². The van der Waals surface area contributed by atoms with E-state index in [0.29, 0.717) is 36.9 Å². The second-order valence-corrected chi connectivity index (χ2v) is 8.37. The largest absolute Gasteiger partial charge is 0.321 e. The molecule has 0 aliphatic rings. The Hall–Kier alpha value is -3.03. The number of thiophene rings is 1. The van der Waals surface area contributed by atoms with E-state index >= 15 is 0 Å².